The van der Waals surface area contributed by atoms with E-state index in [-0.39, 0.29) is 55.9 Å². The van der Waals surface area contributed by atoms with Gasteiger partial charge in [0.15, 0.2) is 0 Å². The molecule has 1 spiro atoms. The summed E-state index contributed by atoms with van der Waals surface area (Å²) in [6, 6.07) is 8.52. The number of hydrogen-bond donors (Lipinski definition) is 2. The van der Waals surface area contributed by atoms with Crippen LogP contribution in [-0.4, -0.2) is 126 Å². The molecule has 2 N–H and O–H groups in total. The molecule has 4 atom stereocenters. The molecular formula is C48H66N8O8S2. The molecule has 3 aromatic heterocycles. The van der Waals surface area contributed by atoms with Crippen molar-refractivity contribution in [3.8, 4) is 22.5 Å². The quantitative estimate of drug-likeness (QED) is 0.123. The number of aryl methyl sites for hydroxylation is 1. The number of likely N-dealkylation sites (tertiary alicyclic amines) is 1. The topological polar surface area (TPSA) is 185 Å². The van der Waals surface area contributed by atoms with Crippen LogP contribution in [0.5, 0.6) is 0 Å². The van der Waals surface area contributed by atoms with Gasteiger partial charge < -0.3 is 24.3 Å². The average molecular weight is 947 g/mol. The van der Waals surface area contributed by atoms with E-state index >= 15 is 0 Å². The number of esters is 1. The number of methoxy groups -OCH3 is 1. The number of hydrazine groups is 1. The largest absolute Gasteiger partial charge is 0.465 e. The summed E-state index contributed by atoms with van der Waals surface area (Å²) in [6.07, 6.45) is 6.01. The fourth-order valence-corrected chi connectivity index (χ4v) is 11.7. The van der Waals surface area contributed by atoms with Gasteiger partial charge in [0.25, 0.3) is 5.91 Å². The molecule has 3 saturated heterocycles. The SMILES string of the molecule is CCn1c(-c2cccnc2[C@H](C)OC)c(CC(C)(C)COC(C)=O)c2cc(-c3csc(C[C@H](NC(=O)[C@H](C(C)C)N4CCC5(CCN(S(C)(=O)=O)C5)C4=O)C(=O)N4CCCCN4)n3)ccc21. The summed E-state index contributed by atoms with van der Waals surface area (Å²) in [4.78, 5) is 66.3. The van der Waals surface area contributed by atoms with Gasteiger partial charge in [-0.2, -0.15) is 0 Å². The highest BCUT2D eigenvalue weighted by atomic mass is 32.2. The van der Waals surface area contributed by atoms with E-state index < -0.39 is 38.8 Å². The van der Waals surface area contributed by atoms with Crippen molar-refractivity contribution >= 4 is 56.0 Å². The summed E-state index contributed by atoms with van der Waals surface area (Å²) in [5.41, 5.74) is 8.46. The molecule has 1 aromatic carbocycles. The summed E-state index contributed by atoms with van der Waals surface area (Å²) in [5.74, 6) is -1.53. The predicted molar refractivity (Wildman–Crippen MR) is 255 cm³/mol. The monoisotopic (exact) mass is 946 g/mol. The molecule has 3 aliphatic heterocycles. The number of sulfonamides is 1. The molecule has 0 radical (unpaired) electrons. The highest BCUT2D eigenvalue weighted by molar-refractivity contribution is 7.88. The number of amides is 3. The molecule has 16 nitrogen and oxygen atoms in total. The Hall–Kier alpha value is -4.75. The van der Waals surface area contributed by atoms with E-state index in [2.05, 4.69) is 60.3 Å². The van der Waals surface area contributed by atoms with Crippen molar-refractivity contribution in [2.45, 2.75) is 112 Å². The first-order valence-electron chi connectivity index (χ1n) is 23.1. The van der Waals surface area contributed by atoms with Crippen LogP contribution in [0.2, 0.25) is 0 Å². The van der Waals surface area contributed by atoms with Crippen molar-refractivity contribution < 1.29 is 37.1 Å². The Morgan fingerprint density at radius 1 is 1.08 bits per heavy atom. The van der Waals surface area contributed by atoms with Gasteiger partial charge in [-0.25, -0.2) is 23.1 Å². The zero-order chi connectivity index (χ0) is 47.7. The number of pyridine rings is 1. The number of nitrogens with one attached hydrogen (secondary N) is 2. The van der Waals surface area contributed by atoms with E-state index in [1.54, 1.807) is 23.2 Å². The molecular weight excluding hydrogens is 881 g/mol. The normalized spacial score (nSPS) is 19.8. The van der Waals surface area contributed by atoms with Crippen LogP contribution in [0.3, 0.4) is 0 Å². The molecule has 66 heavy (non-hydrogen) atoms. The van der Waals surface area contributed by atoms with Gasteiger partial charge in [-0.1, -0.05) is 33.8 Å². The first-order chi connectivity index (χ1) is 31.3. The van der Waals surface area contributed by atoms with Crippen LogP contribution in [-0.2, 0) is 58.1 Å². The van der Waals surface area contributed by atoms with Gasteiger partial charge in [-0.05, 0) is 81.7 Å². The van der Waals surface area contributed by atoms with E-state index in [4.69, 9.17) is 19.4 Å². The summed E-state index contributed by atoms with van der Waals surface area (Å²) in [7, 11) is -1.80. The van der Waals surface area contributed by atoms with Gasteiger partial charge in [-0.15, -0.1) is 11.3 Å². The molecule has 0 aliphatic carbocycles. The van der Waals surface area contributed by atoms with Gasteiger partial charge in [0.1, 0.15) is 12.1 Å². The van der Waals surface area contributed by atoms with E-state index in [0.717, 1.165) is 63.8 Å². The second kappa shape index (κ2) is 19.8. The van der Waals surface area contributed by atoms with Gasteiger partial charge in [0.2, 0.25) is 21.8 Å². The van der Waals surface area contributed by atoms with Crippen molar-refractivity contribution in [3.63, 3.8) is 0 Å². The third-order valence-corrected chi connectivity index (χ3v) is 15.5. The maximum atomic E-state index is 14.5. The number of rotatable bonds is 17. The van der Waals surface area contributed by atoms with Crippen molar-refractivity contribution in [2.75, 3.05) is 52.7 Å². The molecule has 6 heterocycles. The third kappa shape index (κ3) is 10.2. The first-order valence-corrected chi connectivity index (χ1v) is 25.8. The minimum Gasteiger partial charge on any atom is -0.465 e. The Bertz CT molecular complexity index is 2570. The lowest BCUT2D eigenvalue weighted by Gasteiger charge is -2.34. The van der Waals surface area contributed by atoms with Crippen LogP contribution in [0.1, 0.15) is 96.5 Å². The van der Waals surface area contributed by atoms with Crippen LogP contribution in [0.15, 0.2) is 41.9 Å². The molecule has 0 bridgehead atoms. The molecule has 1 unspecified atom stereocenters. The van der Waals surface area contributed by atoms with Crippen LogP contribution >= 0.6 is 11.3 Å². The number of ether oxygens (including phenoxy) is 2. The zero-order valence-corrected chi connectivity index (χ0v) is 41.4. The van der Waals surface area contributed by atoms with E-state index in [9.17, 15) is 27.6 Å². The van der Waals surface area contributed by atoms with Crippen molar-refractivity contribution in [2.24, 2.45) is 16.7 Å². The van der Waals surface area contributed by atoms with Crippen LogP contribution in [0.4, 0.5) is 0 Å². The molecule has 358 valence electrons. The lowest BCUT2D eigenvalue weighted by atomic mass is 9.84. The summed E-state index contributed by atoms with van der Waals surface area (Å²) in [6.45, 7) is 16.2. The van der Waals surface area contributed by atoms with Crippen molar-refractivity contribution in [3.05, 3.63) is 58.2 Å². The van der Waals surface area contributed by atoms with E-state index in [1.165, 1.54) is 22.6 Å². The third-order valence-electron chi connectivity index (χ3n) is 13.4. The molecule has 18 heteroatoms. The molecule has 0 saturated carbocycles. The van der Waals surface area contributed by atoms with Crippen LogP contribution in [0.25, 0.3) is 33.4 Å². The predicted octanol–water partition coefficient (Wildman–Crippen LogP) is 5.75. The van der Waals surface area contributed by atoms with E-state index in [1.807, 2.05) is 32.2 Å². The van der Waals surface area contributed by atoms with E-state index in [0.29, 0.717) is 50.4 Å². The number of aromatic nitrogens is 3. The second-order valence-corrected chi connectivity index (χ2v) is 22.2. The van der Waals surface area contributed by atoms with Gasteiger partial charge in [0.05, 0.1) is 46.5 Å². The number of carbonyl (C=O) groups is 4. The molecule has 7 rings (SSSR count). The Labute approximate surface area is 392 Å². The number of hydrogen-bond acceptors (Lipinski definition) is 12. The maximum absolute atomic E-state index is 14.5. The highest BCUT2D eigenvalue weighted by Gasteiger charge is 2.55. The smallest absolute Gasteiger partial charge is 0.302 e. The maximum Gasteiger partial charge on any atom is 0.302 e. The number of carbonyl (C=O) groups excluding carboxylic acids is 4. The Balaban J connectivity index is 1.21. The van der Waals surface area contributed by atoms with Gasteiger partial charge in [0, 0.05) is 98.7 Å². The van der Waals surface area contributed by atoms with Crippen LogP contribution in [0, 0.1) is 16.7 Å². The molecule has 3 aliphatic rings. The lowest BCUT2D eigenvalue weighted by molar-refractivity contribution is -0.146. The number of fused-ring (bicyclic) bond motifs is 1. The first kappa shape index (κ1) is 49.2. The van der Waals surface area contributed by atoms with Gasteiger partial charge in [-0.3, -0.25) is 29.2 Å². The lowest BCUT2D eigenvalue weighted by Crippen LogP contribution is -2.59. The summed E-state index contributed by atoms with van der Waals surface area (Å²) in [5, 5.41) is 8.32. The van der Waals surface area contributed by atoms with Gasteiger partial charge >= 0.3 is 5.97 Å². The highest BCUT2D eigenvalue weighted by Crippen LogP contribution is 2.44. The molecule has 4 aromatic rings. The Kier molecular flexibility index (Phi) is 14.8. The molecule has 3 amide bonds. The average Bonchev–Trinajstić information content (AvgIpc) is 4.08. The Morgan fingerprint density at radius 2 is 1.83 bits per heavy atom. The summed E-state index contributed by atoms with van der Waals surface area (Å²) < 4.78 is 39.8. The second-order valence-electron chi connectivity index (χ2n) is 19.3. The number of thiazole rings is 1. The fraction of sp³-hybridized carbons (Fsp3) is 0.583. The van der Waals surface area contributed by atoms with Crippen molar-refractivity contribution in [1.82, 2.24) is 39.5 Å². The molecule has 3 fully saturated rings. The fourth-order valence-electron chi connectivity index (χ4n) is 9.93. The number of nitrogens with zero attached hydrogens (tertiary/aromatic N) is 6. The van der Waals surface area contributed by atoms with Crippen molar-refractivity contribution in [1.29, 1.82) is 0 Å². The minimum atomic E-state index is -3.47. The van der Waals surface area contributed by atoms with Crippen LogP contribution < -0.4 is 10.7 Å². The minimum absolute atomic E-state index is 0.106. The zero-order valence-electron chi connectivity index (χ0n) is 39.8. The summed E-state index contributed by atoms with van der Waals surface area (Å²) >= 11 is 1.42. The standard InChI is InChI=1S/C48H66N8O8S2/c1-10-54-39-16-15-33(24-35(39)36(26-47(6,7)29-64-32(5)57)43(54)34-14-13-19-49-41(34)31(4)63-8)38-27-65-40(51-38)25-37(45(59)56-21-12-11-20-50-56)52-44(58)42(30(2)3)55-23-18-48(46(55)60)17-22-53(28-48)66(9,61)62/h13-16,19,24,27,30-31,37,42,50H,10-12,17-18,20-23,25-26,28-29H2,1-9H3,(H,52,58)/t31-,37-,42-,48?/m0/s1. The number of benzene rings is 1. The Morgan fingerprint density at radius 3 is 2.48 bits per heavy atom.